The third kappa shape index (κ3) is 39.4. The largest absolute Gasteiger partial charge is 0.504 e. The summed E-state index contributed by atoms with van der Waals surface area (Å²) in [5.74, 6) is -13.5. The van der Waals surface area contributed by atoms with Crippen LogP contribution in [0, 0.1) is 26.7 Å². The number of rotatable bonds is 27. The van der Waals surface area contributed by atoms with Gasteiger partial charge in [-0.1, -0.05) is 60.0 Å². The van der Waals surface area contributed by atoms with E-state index in [0.29, 0.717) is 36.6 Å². The molecule has 4 aromatic carbocycles. The van der Waals surface area contributed by atoms with Gasteiger partial charge in [-0.3, -0.25) is 62.8 Å². The topological polar surface area (TPSA) is 517 Å². The molecule has 32 nitrogen and oxygen atoms in total. The fraction of sp³-hybridized carbons (Fsp3) is 0.397. The minimum Gasteiger partial charge on any atom is -0.504 e. The molecule has 95 heavy (non-hydrogen) atoms. The number of aliphatic carboxylic acids is 9. The van der Waals surface area contributed by atoms with Gasteiger partial charge in [0.15, 0.2) is 28.7 Å². The first-order valence-electron chi connectivity index (χ1n) is 27.2. The Morgan fingerprint density at radius 1 is 0.484 bits per heavy atom. The molecule has 37 heteroatoms. The Kier molecular flexibility index (Phi) is 44.0. The predicted octanol–water partition coefficient (Wildman–Crippen LogP) is 5.44. The maximum absolute atomic E-state index is 11.7. The molecule has 0 aliphatic carbocycles. The molecule has 15 N–H and O–H groups in total. The van der Waals surface area contributed by atoms with Crippen LogP contribution in [0.15, 0.2) is 78.6 Å². The molecule has 528 valence electrons. The molecule has 4 aromatic rings. The molecule has 1 fully saturated rings. The number of nitrogens with zero attached hydrogens (tertiary/aromatic N) is 5. The Bertz CT molecular complexity index is 2950. The summed E-state index contributed by atoms with van der Waals surface area (Å²) < 4.78 is 7.08. The van der Waals surface area contributed by atoms with Crippen molar-refractivity contribution in [1.29, 1.82) is 0 Å². The summed E-state index contributed by atoms with van der Waals surface area (Å²) in [6.45, 7) is 4.05. The van der Waals surface area contributed by atoms with Crippen LogP contribution in [0.1, 0.15) is 46.8 Å². The van der Waals surface area contributed by atoms with Gasteiger partial charge in [-0.15, -0.1) is 0 Å². The molecule has 1 amide bonds. The van der Waals surface area contributed by atoms with Crippen LogP contribution >= 0.6 is 76.3 Å². The first-order valence-corrected chi connectivity index (χ1v) is 31.0. The van der Waals surface area contributed by atoms with Crippen molar-refractivity contribution in [2.45, 2.75) is 46.6 Å². The van der Waals surface area contributed by atoms with Crippen LogP contribution in [0.25, 0.3) is 0 Å². The number of carboxylic acid groups (broad SMARTS) is 10. The maximum atomic E-state index is 11.7. The van der Waals surface area contributed by atoms with E-state index in [1.54, 1.807) is 14.0 Å². The van der Waals surface area contributed by atoms with Gasteiger partial charge in [-0.2, -0.15) is 12.6 Å². The molecule has 2 atom stereocenters. The Morgan fingerprint density at radius 2 is 0.779 bits per heavy atom. The van der Waals surface area contributed by atoms with Gasteiger partial charge in [0, 0.05) is 44.4 Å². The number of amides is 1. The summed E-state index contributed by atoms with van der Waals surface area (Å²) in [6.07, 6.45) is 1.35. The number of hydrogen-bond donors (Lipinski definition) is 16. The highest BCUT2D eigenvalue weighted by molar-refractivity contribution is 9.15. The lowest BCUT2D eigenvalue weighted by atomic mass is 10.1. The molecule has 0 aromatic heterocycles. The van der Waals surface area contributed by atoms with Crippen molar-refractivity contribution in [1.82, 2.24) is 24.5 Å². The van der Waals surface area contributed by atoms with E-state index in [2.05, 4.69) is 121 Å². The second kappa shape index (κ2) is 46.9. The number of benzene rings is 4. The van der Waals surface area contributed by atoms with Gasteiger partial charge >= 0.3 is 59.7 Å². The first kappa shape index (κ1) is 89.0. The highest BCUT2D eigenvalue weighted by Crippen LogP contribution is 2.49. The molecule has 5 rings (SSSR count). The lowest BCUT2D eigenvalue weighted by Gasteiger charge is -2.27. The summed E-state index contributed by atoms with van der Waals surface area (Å²) in [4.78, 5) is 123. The van der Waals surface area contributed by atoms with Crippen LogP contribution < -0.4 is 4.74 Å². The van der Waals surface area contributed by atoms with Crippen molar-refractivity contribution < 1.29 is 134 Å². The molecule has 1 aliphatic rings. The number of methoxy groups -OCH3 is 1. The highest BCUT2D eigenvalue weighted by Gasteiger charge is 2.35. The molecule has 1 heterocycles. The van der Waals surface area contributed by atoms with E-state index in [1.807, 2.05) is 24.3 Å². The Hall–Kier alpha value is -8.04. The number of phenols is 5. The lowest BCUT2D eigenvalue weighted by Crippen LogP contribution is -2.45. The predicted molar refractivity (Wildman–Crippen MR) is 355 cm³/mol. The van der Waals surface area contributed by atoms with E-state index in [1.165, 1.54) is 26.5 Å². The zero-order valence-corrected chi connectivity index (χ0v) is 58.8. The molecular formula is C58H75Br4N5O27S. The Morgan fingerprint density at radius 3 is 1.06 bits per heavy atom. The van der Waals surface area contributed by atoms with Crippen molar-refractivity contribution in [3.63, 3.8) is 0 Å². The van der Waals surface area contributed by atoms with Crippen molar-refractivity contribution in [3.05, 3.63) is 101 Å². The van der Waals surface area contributed by atoms with Crippen LogP contribution in [-0.4, -0.2) is 271 Å². The molecule has 2 unspecified atom stereocenters. The number of thiol groups is 1. The molecule has 0 spiro atoms. The van der Waals surface area contributed by atoms with Crippen molar-refractivity contribution in [3.8, 4) is 34.5 Å². The van der Waals surface area contributed by atoms with Crippen molar-refractivity contribution in [2.75, 3.05) is 97.9 Å². The van der Waals surface area contributed by atoms with Gasteiger partial charge in [-0.25, -0.2) is 9.59 Å². The summed E-state index contributed by atoms with van der Waals surface area (Å²) in [5, 5.41) is 131. The zero-order chi connectivity index (χ0) is 73.6. The molecule has 0 saturated carbocycles. The van der Waals surface area contributed by atoms with Gasteiger partial charge in [0.2, 0.25) is 5.91 Å². The second-order valence-corrected chi connectivity index (χ2v) is 23.4. The van der Waals surface area contributed by atoms with Gasteiger partial charge in [0.1, 0.15) is 11.8 Å². The Labute approximate surface area is 582 Å². The number of aromatic hydroxyl groups is 5. The number of carbonyl (C=O) groups excluding carboxylic acids is 1. The average Bonchev–Trinajstić information content (AvgIpc) is 1.11. The number of aromatic carboxylic acids is 1. The van der Waals surface area contributed by atoms with E-state index >= 15 is 0 Å². The Balaban J connectivity index is 0. The number of phenolic OH excluding ortho intramolecular Hbond substituents is 5. The molecule has 1 aliphatic heterocycles. The molecule has 0 bridgehead atoms. The van der Waals surface area contributed by atoms with E-state index in [4.69, 9.17) is 71.1 Å². The summed E-state index contributed by atoms with van der Waals surface area (Å²) in [7, 11) is 1.67. The van der Waals surface area contributed by atoms with E-state index in [0.717, 1.165) is 39.0 Å². The quantitative estimate of drug-likeness (QED) is 0.0153. The van der Waals surface area contributed by atoms with Crippen molar-refractivity contribution >= 4 is 142 Å². The number of hydrogen-bond acceptors (Lipinski definition) is 22. The lowest BCUT2D eigenvalue weighted by molar-refractivity contribution is -0.149. The standard InChI is InChI=1S/C14H23N3O10.C9H15NO3S.C8H10O.C8H10.C7H6O5.C6H2Br4O2.C6H9NO6/c18-10(19)5-15(1-3-16(6-11(20)21)7-12(22)23)2-4-17(8-13(24)25)9-14(26)27;1-6(5-14)8(11)10-4-2-3-7(10)9(12)13;1-7-3-5-8(9-2)6-4-7;1-7-3-5-8(2)6-4-7;8-4-1-3(7(11)12)2-5(9)6(4)10;7-1-2(8)4(10)6(12)5(11)3(1)9;8-4(9)1-7(2-5(10)11)3-6(12)13/h1-9H2,(H,18,19)(H,20,21)(H,22,23)(H,24,25)(H,26,27);6-7,14H,2-5H2,1H3,(H,12,13);3-6H,1-2H3;3-6H,1-2H3;1-2,8-10H,(H,11,12);11-12H;1-3H2,(H,8,9)(H,10,11)(H,12,13). The van der Waals surface area contributed by atoms with Crippen LogP contribution in [0.4, 0.5) is 0 Å². The first-order chi connectivity index (χ1) is 44.1. The summed E-state index contributed by atoms with van der Waals surface area (Å²) >= 11 is 16.7. The minimum absolute atomic E-state index is 0.000836. The average molecular weight is 1630 g/mol. The number of carbonyl (C=O) groups is 11. The SMILES string of the molecule is CC(CS)C(=O)N1CCCC1C(=O)O.COc1ccc(C)cc1.Cc1ccc(C)cc1.O=C(O)CN(CC(=O)O)CC(=O)O.O=C(O)CN(CCN(CC(=O)O)CC(=O)O)CCN(CC(=O)O)CC(=O)O.O=C(O)c1cc(O)c(O)c(O)c1.Oc1c(O)c(Br)c(Br)c(Br)c1Br. The van der Waals surface area contributed by atoms with Crippen LogP contribution in [0.2, 0.25) is 0 Å². The number of likely N-dealkylation sites (tertiary alicyclic amines) is 1. The fourth-order valence-corrected chi connectivity index (χ4v) is 9.49. The van der Waals surface area contributed by atoms with Crippen LogP contribution in [0.3, 0.4) is 0 Å². The molecular weight excluding hydrogens is 1550 g/mol. The van der Waals surface area contributed by atoms with Gasteiger partial charge in [0.25, 0.3) is 0 Å². The molecule has 0 radical (unpaired) electrons. The summed E-state index contributed by atoms with van der Waals surface area (Å²) in [6, 6.07) is 17.5. The maximum Gasteiger partial charge on any atom is 0.335 e. The van der Waals surface area contributed by atoms with Gasteiger partial charge in [-0.05, 0) is 122 Å². The van der Waals surface area contributed by atoms with E-state index in [-0.39, 0.29) is 55.1 Å². The van der Waals surface area contributed by atoms with E-state index in [9.17, 15) is 63.0 Å². The van der Waals surface area contributed by atoms with E-state index < -0.39 is 135 Å². The zero-order valence-electron chi connectivity index (χ0n) is 51.5. The minimum atomic E-state index is -1.29. The van der Waals surface area contributed by atoms with Gasteiger partial charge in [0.05, 0.1) is 82.9 Å². The summed E-state index contributed by atoms with van der Waals surface area (Å²) in [5.41, 5.74) is 3.63. The second-order valence-electron chi connectivity index (χ2n) is 19.9. The van der Waals surface area contributed by atoms with Crippen LogP contribution in [0.5, 0.6) is 34.5 Å². The normalized spacial score (nSPS) is 12.1. The van der Waals surface area contributed by atoms with Crippen LogP contribution in [-0.2, 0) is 47.9 Å². The number of aryl methyl sites for hydroxylation is 3. The number of ether oxygens (including phenoxy) is 1. The third-order valence-corrected chi connectivity index (χ3v) is 17.1. The smallest absolute Gasteiger partial charge is 0.335 e. The van der Waals surface area contributed by atoms with Gasteiger partial charge < -0.3 is 86.2 Å². The molecule has 1 saturated heterocycles. The number of halogens is 4. The van der Waals surface area contributed by atoms with Crippen molar-refractivity contribution in [2.24, 2.45) is 5.92 Å². The third-order valence-electron chi connectivity index (χ3n) is 11.9. The monoisotopic (exact) mass is 1620 g/mol. The fourth-order valence-electron chi connectivity index (χ4n) is 7.26. The highest BCUT2D eigenvalue weighted by atomic mass is 79.9. The number of carboxylic acids is 10.